The first-order valence-electron chi connectivity index (χ1n) is 10.7. The quantitative estimate of drug-likeness (QED) is 0.463. The summed E-state index contributed by atoms with van der Waals surface area (Å²) in [6, 6.07) is 7.73. The van der Waals surface area contributed by atoms with Crippen LogP contribution in [0, 0.1) is 17.8 Å². The fraction of sp³-hybridized carbons (Fsp3) is 0.739. The number of ether oxygens (including phenoxy) is 1. The molecule has 152 valence electrons. The van der Waals surface area contributed by atoms with Crippen molar-refractivity contribution in [1.82, 2.24) is 0 Å². The van der Waals surface area contributed by atoms with E-state index in [-0.39, 0.29) is 6.67 Å². The predicted octanol–water partition coefficient (Wildman–Crippen LogP) is 7.16. The van der Waals surface area contributed by atoms with Crippen molar-refractivity contribution in [1.29, 1.82) is 0 Å². The van der Waals surface area contributed by atoms with Gasteiger partial charge in [-0.3, -0.25) is 4.39 Å². The predicted molar refractivity (Wildman–Crippen MR) is 103 cm³/mol. The lowest BCUT2D eigenvalue weighted by Gasteiger charge is -2.38. The van der Waals surface area contributed by atoms with Crippen LogP contribution in [0.2, 0.25) is 0 Å². The van der Waals surface area contributed by atoms with E-state index in [1.807, 2.05) is 24.3 Å². The van der Waals surface area contributed by atoms with Gasteiger partial charge in [0.2, 0.25) is 0 Å². The molecule has 1 nitrogen and oxygen atoms in total. The van der Waals surface area contributed by atoms with Crippen LogP contribution in [0.3, 0.4) is 0 Å². The molecule has 1 aromatic carbocycles. The van der Waals surface area contributed by atoms with Gasteiger partial charge in [-0.2, -0.15) is 0 Å². The summed E-state index contributed by atoms with van der Waals surface area (Å²) in [4.78, 5) is 0. The summed E-state index contributed by atoms with van der Waals surface area (Å²) in [6.07, 6.45) is 9.70. The van der Waals surface area contributed by atoms with Crippen LogP contribution in [-0.4, -0.2) is 19.7 Å². The summed E-state index contributed by atoms with van der Waals surface area (Å²) in [7, 11) is 0. The van der Waals surface area contributed by atoms with Crippen molar-refractivity contribution in [3.05, 3.63) is 29.8 Å². The lowest BCUT2D eigenvalue weighted by Crippen LogP contribution is -2.25. The van der Waals surface area contributed by atoms with Crippen LogP contribution in [0.25, 0.3) is 0 Å². The normalized spacial score (nSPS) is 29.0. The van der Waals surface area contributed by atoms with Gasteiger partial charge in [0.25, 0.3) is 6.43 Å². The molecule has 0 N–H and O–H groups in total. The average Bonchev–Trinajstić information content (AvgIpc) is 2.72. The molecule has 0 unspecified atom stereocenters. The van der Waals surface area contributed by atoms with Crippen molar-refractivity contribution in [2.75, 3.05) is 13.3 Å². The van der Waals surface area contributed by atoms with E-state index in [0.717, 1.165) is 30.6 Å². The Kier molecular flexibility index (Phi) is 7.90. The Morgan fingerprint density at radius 2 is 1.44 bits per heavy atom. The van der Waals surface area contributed by atoms with Crippen LogP contribution in [-0.2, 0) is 0 Å². The maximum atomic E-state index is 12.3. The summed E-state index contributed by atoms with van der Waals surface area (Å²) in [5, 5.41) is 0. The molecule has 0 atom stereocenters. The highest BCUT2D eigenvalue weighted by atomic mass is 19.3. The molecule has 2 fully saturated rings. The Bertz CT molecular complexity index is 529. The van der Waals surface area contributed by atoms with Crippen molar-refractivity contribution in [2.24, 2.45) is 17.8 Å². The number of hydrogen-bond acceptors (Lipinski definition) is 1. The average molecular weight is 383 g/mol. The first-order valence-corrected chi connectivity index (χ1v) is 10.7. The van der Waals surface area contributed by atoms with Gasteiger partial charge < -0.3 is 4.74 Å². The van der Waals surface area contributed by atoms with Crippen LogP contribution in [0.5, 0.6) is 5.75 Å². The maximum Gasteiger partial charge on any atom is 0.272 e. The molecule has 0 spiro atoms. The van der Waals surface area contributed by atoms with Crippen LogP contribution in [0.1, 0.15) is 75.7 Å². The molecule has 0 aromatic heterocycles. The second-order valence-corrected chi connectivity index (χ2v) is 8.49. The Balaban J connectivity index is 1.41. The SMILES string of the molecule is FCCCC1CCC(C2CCC(c3ccc(OCC(F)F)cc3)CC2)CC1. The van der Waals surface area contributed by atoms with Gasteiger partial charge in [-0.05, 0) is 92.7 Å². The van der Waals surface area contributed by atoms with Crippen LogP contribution < -0.4 is 4.74 Å². The highest BCUT2D eigenvalue weighted by molar-refractivity contribution is 5.29. The fourth-order valence-electron chi connectivity index (χ4n) is 5.23. The summed E-state index contributed by atoms with van der Waals surface area (Å²) in [5.41, 5.74) is 1.31. The van der Waals surface area contributed by atoms with Gasteiger partial charge in [0.15, 0.2) is 0 Å². The third-order valence-corrected chi connectivity index (χ3v) is 6.80. The van der Waals surface area contributed by atoms with Crippen molar-refractivity contribution in [3.63, 3.8) is 0 Å². The van der Waals surface area contributed by atoms with Gasteiger partial charge in [-0.25, -0.2) is 8.78 Å². The number of halogens is 3. The van der Waals surface area contributed by atoms with Gasteiger partial charge in [-0.15, -0.1) is 0 Å². The van der Waals surface area contributed by atoms with E-state index in [1.165, 1.54) is 56.9 Å². The lowest BCUT2D eigenvalue weighted by molar-refractivity contribution is 0.0819. The van der Waals surface area contributed by atoms with Crippen molar-refractivity contribution in [2.45, 2.75) is 76.6 Å². The molecular weight excluding hydrogens is 349 g/mol. The highest BCUT2D eigenvalue weighted by Crippen LogP contribution is 2.44. The van der Waals surface area contributed by atoms with E-state index in [4.69, 9.17) is 4.74 Å². The van der Waals surface area contributed by atoms with E-state index < -0.39 is 13.0 Å². The van der Waals surface area contributed by atoms with Gasteiger partial charge in [-0.1, -0.05) is 25.0 Å². The first kappa shape index (κ1) is 20.5. The topological polar surface area (TPSA) is 9.23 Å². The van der Waals surface area contributed by atoms with Crippen LogP contribution >= 0.6 is 0 Å². The molecule has 3 rings (SSSR count). The second kappa shape index (κ2) is 10.4. The molecule has 0 amide bonds. The van der Waals surface area contributed by atoms with E-state index >= 15 is 0 Å². The number of alkyl halides is 3. The number of hydrogen-bond donors (Lipinski definition) is 0. The van der Waals surface area contributed by atoms with Crippen molar-refractivity contribution >= 4 is 0 Å². The van der Waals surface area contributed by atoms with Gasteiger partial charge in [0.05, 0.1) is 6.67 Å². The molecular formula is C23H33F3O. The third-order valence-electron chi connectivity index (χ3n) is 6.80. The molecule has 1 aromatic rings. The monoisotopic (exact) mass is 382 g/mol. The van der Waals surface area contributed by atoms with Gasteiger partial charge in [0.1, 0.15) is 12.4 Å². The maximum absolute atomic E-state index is 12.3. The molecule has 2 aliphatic rings. The molecule has 0 radical (unpaired) electrons. The summed E-state index contributed by atoms with van der Waals surface area (Å²) >= 11 is 0. The molecule has 0 saturated heterocycles. The molecule has 0 heterocycles. The number of rotatable bonds is 8. The zero-order valence-corrected chi connectivity index (χ0v) is 16.2. The third kappa shape index (κ3) is 6.15. The minimum absolute atomic E-state index is 0.163. The van der Waals surface area contributed by atoms with E-state index in [9.17, 15) is 13.2 Å². The minimum Gasteiger partial charge on any atom is -0.488 e. The standard InChI is InChI=1S/C23H33F3O/c24-15-1-2-17-3-5-18(6-4-17)19-7-9-20(10-8-19)21-11-13-22(14-12-21)27-16-23(25)26/h11-14,17-20,23H,1-10,15-16H2. The zero-order chi connectivity index (χ0) is 19.1. The summed E-state index contributed by atoms with van der Waals surface area (Å²) in [5.74, 6) is 3.61. The number of benzene rings is 1. The van der Waals surface area contributed by atoms with Gasteiger partial charge in [0, 0.05) is 0 Å². The Morgan fingerprint density at radius 3 is 2.00 bits per heavy atom. The second-order valence-electron chi connectivity index (χ2n) is 8.49. The Morgan fingerprint density at radius 1 is 0.852 bits per heavy atom. The van der Waals surface area contributed by atoms with Gasteiger partial charge >= 0.3 is 0 Å². The van der Waals surface area contributed by atoms with E-state index in [1.54, 1.807) is 0 Å². The smallest absolute Gasteiger partial charge is 0.272 e. The van der Waals surface area contributed by atoms with Crippen LogP contribution in [0.4, 0.5) is 13.2 Å². The lowest BCUT2D eigenvalue weighted by atomic mass is 9.68. The molecule has 2 saturated carbocycles. The fourth-order valence-corrected chi connectivity index (χ4v) is 5.23. The first-order chi connectivity index (χ1) is 13.2. The Hall–Kier alpha value is -1.19. The van der Waals surface area contributed by atoms with Crippen molar-refractivity contribution in [3.8, 4) is 5.75 Å². The minimum atomic E-state index is -2.43. The van der Waals surface area contributed by atoms with Crippen molar-refractivity contribution < 1.29 is 17.9 Å². The molecule has 2 aliphatic carbocycles. The highest BCUT2D eigenvalue weighted by Gasteiger charge is 2.31. The summed E-state index contributed by atoms with van der Waals surface area (Å²) < 4.78 is 41.8. The molecule has 27 heavy (non-hydrogen) atoms. The largest absolute Gasteiger partial charge is 0.488 e. The molecule has 0 aliphatic heterocycles. The molecule has 0 bridgehead atoms. The Labute approximate surface area is 161 Å². The van der Waals surface area contributed by atoms with Crippen LogP contribution in [0.15, 0.2) is 24.3 Å². The van der Waals surface area contributed by atoms with E-state index in [0.29, 0.717) is 11.7 Å². The van der Waals surface area contributed by atoms with E-state index in [2.05, 4.69) is 0 Å². The summed E-state index contributed by atoms with van der Waals surface area (Å²) in [6.45, 7) is -0.705. The molecule has 4 heteroatoms. The zero-order valence-electron chi connectivity index (χ0n) is 16.2.